The Morgan fingerprint density at radius 1 is 0.256 bits per heavy atom. The summed E-state index contributed by atoms with van der Waals surface area (Å²) < 4.78 is 17.0. The molecule has 0 aromatic rings. The highest BCUT2D eigenvalue weighted by Gasteiger charge is 2.19. The Morgan fingerprint density at radius 2 is 0.476 bits per heavy atom. The molecule has 0 aliphatic rings. The molecule has 6 nitrogen and oxygen atoms in total. The molecule has 0 amide bonds. The van der Waals surface area contributed by atoms with Crippen LogP contribution in [-0.4, -0.2) is 37.2 Å². The van der Waals surface area contributed by atoms with E-state index in [1.165, 1.54) is 218 Å². The Labute approximate surface area is 510 Å². The van der Waals surface area contributed by atoms with Crippen molar-refractivity contribution in [1.82, 2.24) is 0 Å². The number of hydrogen-bond acceptors (Lipinski definition) is 6. The molecule has 0 bridgehead atoms. The fourth-order valence-corrected chi connectivity index (χ4v) is 10.6. The molecule has 0 fully saturated rings. The summed E-state index contributed by atoms with van der Waals surface area (Å²) in [4.78, 5) is 38.4. The van der Waals surface area contributed by atoms with E-state index >= 15 is 0 Å². The van der Waals surface area contributed by atoms with Crippen molar-refractivity contribution < 1.29 is 28.6 Å². The lowest BCUT2D eigenvalue weighted by molar-refractivity contribution is -0.167. The van der Waals surface area contributed by atoms with Gasteiger partial charge in [-0.3, -0.25) is 14.4 Å². The highest BCUT2D eigenvalue weighted by Crippen LogP contribution is 2.18. The van der Waals surface area contributed by atoms with Gasteiger partial charge in [0.1, 0.15) is 13.2 Å². The Hall–Kier alpha value is -3.15. The van der Waals surface area contributed by atoms with Crippen LogP contribution in [0.4, 0.5) is 0 Å². The van der Waals surface area contributed by atoms with Crippen LogP contribution in [0.5, 0.6) is 0 Å². The molecule has 476 valence electrons. The van der Waals surface area contributed by atoms with Crippen molar-refractivity contribution in [3.05, 3.63) is 72.9 Å². The number of unbranched alkanes of at least 4 members (excludes halogenated alkanes) is 43. The summed E-state index contributed by atoms with van der Waals surface area (Å²) in [7, 11) is 0. The molecule has 82 heavy (non-hydrogen) atoms. The molecule has 0 radical (unpaired) electrons. The van der Waals surface area contributed by atoms with Crippen molar-refractivity contribution in [2.75, 3.05) is 13.2 Å². The maximum atomic E-state index is 12.9. The van der Waals surface area contributed by atoms with Crippen molar-refractivity contribution in [3.63, 3.8) is 0 Å². The first-order valence-electron chi connectivity index (χ1n) is 35.9. The zero-order valence-electron chi connectivity index (χ0n) is 54.8. The van der Waals surface area contributed by atoms with Gasteiger partial charge >= 0.3 is 17.9 Å². The van der Waals surface area contributed by atoms with E-state index in [-0.39, 0.29) is 31.1 Å². The van der Waals surface area contributed by atoms with Gasteiger partial charge in [0.25, 0.3) is 0 Å². The lowest BCUT2D eigenvalue weighted by Crippen LogP contribution is -2.30. The predicted molar refractivity (Wildman–Crippen MR) is 358 cm³/mol. The second kappa shape index (κ2) is 70.3. The van der Waals surface area contributed by atoms with Crippen LogP contribution in [0.15, 0.2) is 72.9 Å². The van der Waals surface area contributed by atoms with Gasteiger partial charge in [0.2, 0.25) is 0 Å². The first-order valence-corrected chi connectivity index (χ1v) is 35.9. The Balaban J connectivity index is 4.26. The monoisotopic (exact) mass is 1150 g/mol. The number of rotatable bonds is 66. The van der Waals surface area contributed by atoms with E-state index in [9.17, 15) is 14.4 Å². The van der Waals surface area contributed by atoms with Crippen molar-refractivity contribution in [3.8, 4) is 0 Å². The van der Waals surface area contributed by atoms with Crippen LogP contribution in [0.1, 0.15) is 374 Å². The van der Waals surface area contributed by atoms with Gasteiger partial charge in [-0.2, -0.15) is 0 Å². The van der Waals surface area contributed by atoms with Crippen LogP contribution < -0.4 is 0 Å². The van der Waals surface area contributed by atoms with Crippen molar-refractivity contribution >= 4 is 17.9 Å². The zero-order chi connectivity index (χ0) is 59.2. The minimum absolute atomic E-state index is 0.0829. The summed E-state index contributed by atoms with van der Waals surface area (Å²) in [6.07, 6.45) is 92.3. The Morgan fingerprint density at radius 3 is 0.756 bits per heavy atom. The van der Waals surface area contributed by atoms with E-state index in [4.69, 9.17) is 14.2 Å². The number of carbonyl (C=O) groups is 3. The molecule has 0 heterocycles. The molecule has 6 heteroatoms. The SMILES string of the molecule is CC/C=C\C/C=C\C/C=C\C/C=C\CCCCCCCCC(=O)OC(COC(=O)CCCCCCC/C=C\C/C=C\CCCCCC)COC(=O)CCCCCCCCCCCCCCCCCCCCCCCCCCCCCCC. The van der Waals surface area contributed by atoms with E-state index in [0.717, 1.165) is 116 Å². The highest BCUT2D eigenvalue weighted by molar-refractivity contribution is 5.71. The molecule has 0 rings (SSSR count). The first-order chi connectivity index (χ1) is 40.5. The fraction of sp³-hybridized carbons (Fsp3) is 0.803. The third-order valence-corrected chi connectivity index (χ3v) is 15.9. The molecule has 0 saturated carbocycles. The molecule has 1 atom stereocenters. The van der Waals surface area contributed by atoms with E-state index in [2.05, 4.69) is 93.7 Å². The van der Waals surface area contributed by atoms with Crippen LogP contribution in [-0.2, 0) is 28.6 Å². The highest BCUT2D eigenvalue weighted by atomic mass is 16.6. The van der Waals surface area contributed by atoms with Crippen molar-refractivity contribution in [2.45, 2.75) is 380 Å². The summed E-state index contributed by atoms with van der Waals surface area (Å²) in [5.74, 6) is -0.891. The smallest absolute Gasteiger partial charge is 0.306 e. The molecule has 0 saturated heterocycles. The van der Waals surface area contributed by atoms with E-state index in [1.54, 1.807) is 0 Å². The van der Waals surface area contributed by atoms with Crippen LogP contribution in [0.2, 0.25) is 0 Å². The van der Waals surface area contributed by atoms with Gasteiger partial charge in [0.15, 0.2) is 6.10 Å². The van der Waals surface area contributed by atoms with Gasteiger partial charge in [-0.15, -0.1) is 0 Å². The van der Waals surface area contributed by atoms with Crippen LogP contribution in [0.3, 0.4) is 0 Å². The number of hydrogen-bond donors (Lipinski definition) is 0. The number of esters is 3. The van der Waals surface area contributed by atoms with E-state index < -0.39 is 6.10 Å². The third kappa shape index (κ3) is 67.6. The minimum Gasteiger partial charge on any atom is -0.462 e. The molecule has 0 aromatic carbocycles. The quantitative estimate of drug-likeness (QED) is 0.0261. The number of ether oxygens (including phenoxy) is 3. The average Bonchev–Trinajstić information content (AvgIpc) is 3.47. The van der Waals surface area contributed by atoms with Gasteiger partial charge in [-0.05, 0) is 89.9 Å². The molecule has 0 spiro atoms. The third-order valence-electron chi connectivity index (χ3n) is 15.9. The van der Waals surface area contributed by atoms with Gasteiger partial charge in [0, 0.05) is 19.3 Å². The van der Waals surface area contributed by atoms with Gasteiger partial charge in [0.05, 0.1) is 0 Å². The van der Waals surface area contributed by atoms with E-state index in [1.807, 2.05) is 0 Å². The second-order valence-electron chi connectivity index (χ2n) is 24.1. The van der Waals surface area contributed by atoms with E-state index in [0.29, 0.717) is 19.3 Å². The normalized spacial score (nSPS) is 12.5. The molecule has 1 unspecified atom stereocenters. The average molecular weight is 1150 g/mol. The molecular weight excluding hydrogens is 1010 g/mol. The van der Waals surface area contributed by atoms with Gasteiger partial charge < -0.3 is 14.2 Å². The zero-order valence-corrected chi connectivity index (χ0v) is 54.8. The summed E-state index contributed by atoms with van der Waals surface area (Å²) in [5, 5.41) is 0. The van der Waals surface area contributed by atoms with Crippen LogP contribution in [0.25, 0.3) is 0 Å². The first kappa shape index (κ1) is 78.8. The lowest BCUT2D eigenvalue weighted by Gasteiger charge is -2.18. The summed E-state index contributed by atoms with van der Waals surface area (Å²) in [6.45, 7) is 6.55. The maximum Gasteiger partial charge on any atom is 0.306 e. The van der Waals surface area contributed by atoms with Crippen molar-refractivity contribution in [2.24, 2.45) is 0 Å². The fourth-order valence-electron chi connectivity index (χ4n) is 10.6. The van der Waals surface area contributed by atoms with Crippen molar-refractivity contribution in [1.29, 1.82) is 0 Å². The van der Waals surface area contributed by atoms with Gasteiger partial charge in [-0.25, -0.2) is 0 Å². The molecule has 0 aromatic heterocycles. The standard InChI is InChI=1S/C76H136O6/c1-4-7-10-13-16-19-22-25-28-31-33-34-35-36-37-38-39-40-41-42-44-45-48-51-54-57-60-63-66-69-75(78)81-72-73(71-80-74(77)68-65-62-59-56-53-50-47-30-27-24-21-18-15-12-9-6-3)82-76(79)70-67-64-61-58-55-52-49-46-43-32-29-26-23-20-17-14-11-8-5-2/h8,11,17,20-21,24,26,29-30,43,46-47,73H,4-7,9-10,12-16,18-19,22-23,25,27-28,31-42,44-45,48-72H2,1-3H3/b11-8-,20-17-,24-21-,29-26-,46-43-,47-30-. The molecule has 0 aliphatic carbocycles. The number of allylic oxidation sites excluding steroid dienone is 12. The summed E-state index contributed by atoms with van der Waals surface area (Å²) in [5.41, 5.74) is 0. The molecular formula is C76H136O6. The Bertz CT molecular complexity index is 1500. The topological polar surface area (TPSA) is 78.9 Å². The van der Waals surface area contributed by atoms with Crippen LogP contribution in [0, 0.1) is 0 Å². The second-order valence-corrected chi connectivity index (χ2v) is 24.1. The maximum absolute atomic E-state index is 12.9. The van der Waals surface area contributed by atoms with Crippen LogP contribution >= 0.6 is 0 Å². The number of carbonyl (C=O) groups excluding carboxylic acids is 3. The Kier molecular flexibility index (Phi) is 67.6. The lowest BCUT2D eigenvalue weighted by atomic mass is 10.0. The largest absolute Gasteiger partial charge is 0.462 e. The predicted octanol–water partition coefficient (Wildman–Crippen LogP) is 24.8. The minimum atomic E-state index is -0.790. The summed E-state index contributed by atoms with van der Waals surface area (Å²) >= 11 is 0. The molecule has 0 N–H and O–H groups in total. The molecule has 0 aliphatic heterocycles. The summed E-state index contributed by atoms with van der Waals surface area (Å²) in [6, 6.07) is 0. The van der Waals surface area contributed by atoms with Gasteiger partial charge in [-0.1, -0.05) is 338 Å².